The normalized spacial score (nSPS) is 22.6. The molecule has 0 aromatic rings. The summed E-state index contributed by atoms with van der Waals surface area (Å²) in [4.78, 5) is 0. The van der Waals surface area contributed by atoms with E-state index in [0.717, 1.165) is 0 Å². The van der Waals surface area contributed by atoms with Crippen LogP contribution in [0.3, 0.4) is 0 Å². The van der Waals surface area contributed by atoms with E-state index >= 15 is 0 Å². The van der Waals surface area contributed by atoms with Crippen LogP contribution in [0.15, 0.2) is 0 Å². The van der Waals surface area contributed by atoms with Crippen molar-refractivity contribution in [1.82, 2.24) is 0 Å². The molecule has 0 amide bonds. The maximum Gasteiger partial charge on any atom is 0.0788 e. The van der Waals surface area contributed by atoms with Gasteiger partial charge < -0.3 is 42.9 Å². The number of unbranched alkanes of at least 4 members (excludes halogenated alkanes) is 2. The Labute approximate surface area is 154 Å². The summed E-state index contributed by atoms with van der Waals surface area (Å²) in [6.07, 6.45) is 10.3. The average Bonchev–Trinajstić information content (AvgIpc) is 3.09. The third-order valence-electron chi connectivity index (χ3n) is 6.14. The molecule has 0 saturated carbocycles. The average molecular weight is 428 g/mol. The molecule has 2 heterocycles. The second-order valence-corrected chi connectivity index (χ2v) is 7.13. The minimum atomic E-state index is 0. The van der Waals surface area contributed by atoms with Crippen molar-refractivity contribution in [1.29, 1.82) is 0 Å². The van der Waals surface area contributed by atoms with Crippen LogP contribution in [0, 0.1) is 0 Å². The summed E-state index contributed by atoms with van der Waals surface area (Å²) >= 11 is 0. The molecule has 2 aliphatic heterocycles. The Morgan fingerprint density at radius 3 is 1.19 bits per heavy atom. The van der Waals surface area contributed by atoms with Crippen LogP contribution in [0.1, 0.15) is 58.8 Å². The summed E-state index contributed by atoms with van der Waals surface area (Å²) in [5.41, 5.74) is 0. The molecule has 0 bridgehead atoms. The molecular formula is C17H36Br2N2. The third kappa shape index (κ3) is 6.12. The minimum Gasteiger partial charge on any atom is -1.00 e. The Morgan fingerprint density at radius 2 is 0.905 bits per heavy atom. The number of quaternary nitrogens is 2. The standard InChI is InChI=1S/C17H36N2.2BrH/c1-3-18(14-8-9-15-18)12-6-5-7-13-19(4-2)16-10-11-17-19;;/h3-17H2,1-2H3;2*1H/q+2;;/p-2. The molecule has 2 rings (SSSR count). The van der Waals surface area contributed by atoms with Crippen LogP contribution < -0.4 is 34.0 Å². The number of halogens is 2. The summed E-state index contributed by atoms with van der Waals surface area (Å²) in [6.45, 7) is 16.3. The largest absolute Gasteiger partial charge is 1.00 e. The zero-order valence-corrected chi connectivity index (χ0v) is 17.4. The fourth-order valence-corrected chi connectivity index (χ4v) is 4.48. The molecule has 0 aliphatic carbocycles. The first-order valence-corrected chi connectivity index (χ1v) is 8.94. The lowest BCUT2D eigenvalue weighted by Gasteiger charge is -2.34. The predicted octanol–water partition coefficient (Wildman–Crippen LogP) is -2.57. The molecule has 0 aromatic carbocycles. The van der Waals surface area contributed by atoms with E-state index in [1.54, 1.807) is 0 Å². The highest BCUT2D eigenvalue weighted by molar-refractivity contribution is 4.57. The second kappa shape index (κ2) is 10.6. The van der Waals surface area contributed by atoms with Crippen molar-refractivity contribution >= 4 is 0 Å². The molecule has 2 aliphatic rings. The summed E-state index contributed by atoms with van der Waals surface area (Å²) < 4.78 is 2.88. The van der Waals surface area contributed by atoms with Gasteiger partial charge in [0.1, 0.15) is 0 Å². The maximum atomic E-state index is 2.40. The van der Waals surface area contributed by atoms with Gasteiger partial charge in [-0.15, -0.1) is 0 Å². The molecule has 0 spiro atoms. The lowest BCUT2D eigenvalue weighted by Crippen LogP contribution is -3.00. The van der Waals surface area contributed by atoms with Crippen molar-refractivity contribution in [2.75, 3.05) is 52.4 Å². The Kier molecular flexibility index (Phi) is 11.1. The van der Waals surface area contributed by atoms with Gasteiger partial charge in [0.2, 0.25) is 0 Å². The topological polar surface area (TPSA) is 0 Å². The van der Waals surface area contributed by atoms with E-state index in [1.165, 1.54) is 106 Å². The van der Waals surface area contributed by atoms with Crippen LogP contribution in [0.25, 0.3) is 0 Å². The van der Waals surface area contributed by atoms with E-state index in [0.29, 0.717) is 0 Å². The van der Waals surface area contributed by atoms with Gasteiger partial charge in [-0.25, -0.2) is 0 Å². The Balaban J connectivity index is 0.00000200. The molecule has 4 heteroatoms. The highest BCUT2D eigenvalue weighted by Crippen LogP contribution is 2.22. The Morgan fingerprint density at radius 1 is 0.571 bits per heavy atom. The smallest absolute Gasteiger partial charge is 0.0788 e. The van der Waals surface area contributed by atoms with Crippen LogP contribution >= 0.6 is 0 Å². The second-order valence-electron chi connectivity index (χ2n) is 7.13. The first kappa shape index (κ1) is 21.9. The van der Waals surface area contributed by atoms with Crippen LogP contribution in [0.4, 0.5) is 0 Å². The number of rotatable bonds is 8. The van der Waals surface area contributed by atoms with Crippen molar-refractivity contribution < 1.29 is 42.9 Å². The van der Waals surface area contributed by atoms with Crippen molar-refractivity contribution in [2.45, 2.75) is 58.8 Å². The number of likely N-dealkylation sites (tertiary alicyclic amines) is 2. The van der Waals surface area contributed by atoms with Gasteiger partial charge in [0.25, 0.3) is 0 Å². The van der Waals surface area contributed by atoms with Gasteiger partial charge in [-0.05, 0) is 33.1 Å². The first-order valence-electron chi connectivity index (χ1n) is 8.94. The molecule has 0 N–H and O–H groups in total. The summed E-state index contributed by atoms with van der Waals surface area (Å²) in [5, 5.41) is 0. The highest BCUT2D eigenvalue weighted by atomic mass is 79.9. The molecule has 128 valence electrons. The summed E-state index contributed by atoms with van der Waals surface area (Å²) in [6, 6.07) is 0. The van der Waals surface area contributed by atoms with Gasteiger partial charge >= 0.3 is 0 Å². The lowest BCUT2D eigenvalue weighted by molar-refractivity contribution is -0.917. The Bertz CT molecular complexity index is 234. The zero-order chi connectivity index (χ0) is 13.6. The van der Waals surface area contributed by atoms with E-state index in [9.17, 15) is 0 Å². The lowest BCUT2D eigenvalue weighted by atomic mass is 10.2. The van der Waals surface area contributed by atoms with Crippen molar-refractivity contribution in [3.05, 3.63) is 0 Å². The third-order valence-corrected chi connectivity index (χ3v) is 6.14. The molecule has 0 radical (unpaired) electrons. The number of hydrogen-bond acceptors (Lipinski definition) is 0. The quantitative estimate of drug-likeness (QED) is 0.295. The fraction of sp³-hybridized carbons (Fsp3) is 1.00. The predicted molar refractivity (Wildman–Crippen MR) is 83.1 cm³/mol. The van der Waals surface area contributed by atoms with E-state index in [-0.39, 0.29) is 34.0 Å². The molecule has 0 atom stereocenters. The van der Waals surface area contributed by atoms with Crippen LogP contribution in [-0.4, -0.2) is 61.3 Å². The molecule has 2 nitrogen and oxygen atoms in total. The highest BCUT2D eigenvalue weighted by Gasteiger charge is 2.30. The monoisotopic (exact) mass is 426 g/mol. The van der Waals surface area contributed by atoms with Crippen molar-refractivity contribution in [2.24, 2.45) is 0 Å². The van der Waals surface area contributed by atoms with Crippen LogP contribution in [0.2, 0.25) is 0 Å². The molecule has 0 unspecified atom stereocenters. The van der Waals surface area contributed by atoms with Crippen molar-refractivity contribution in [3.63, 3.8) is 0 Å². The van der Waals surface area contributed by atoms with E-state index in [2.05, 4.69) is 13.8 Å². The first-order chi connectivity index (χ1) is 9.24. The van der Waals surface area contributed by atoms with Gasteiger partial charge in [0.15, 0.2) is 0 Å². The van der Waals surface area contributed by atoms with Gasteiger partial charge in [0, 0.05) is 25.7 Å². The van der Waals surface area contributed by atoms with Crippen molar-refractivity contribution in [3.8, 4) is 0 Å². The summed E-state index contributed by atoms with van der Waals surface area (Å²) in [5.74, 6) is 0. The SMILES string of the molecule is CC[N+]1(CCCCC[N+]2(CC)CCCC2)CCCC1.[Br-].[Br-]. The molecule has 21 heavy (non-hydrogen) atoms. The molecule has 2 saturated heterocycles. The minimum absolute atomic E-state index is 0. The van der Waals surface area contributed by atoms with Gasteiger partial charge in [-0.2, -0.15) is 0 Å². The van der Waals surface area contributed by atoms with Crippen LogP contribution in [-0.2, 0) is 0 Å². The van der Waals surface area contributed by atoms with Gasteiger partial charge in [-0.3, -0.25) is 0 Å². The van der Waals surface area contributed by atoms with Crippen LogP contribution in [0.5, 0.6) is 0 Å². The van der Waals surface area contributed by atoms with Gasteiger partial charge in [-0.1, -0.05) is 0 Å². The molecule has 2 fully saturated rings. The van der Waals surface area contributed by atoms with E-state index in [4.69, 9.17) is 0 Å². The number of nitrogens with zero attached hydrogens (tertiary/aromatic N) is 2. The molecule has 0 aromatic heterocycles. The number of hydrogen-bond donors (Lipinski definition) is 0. The molecular weight excluding hydrogens is 392 g/mol. The zero-order valence-electron chi connectivity index (χ0n) is 14.3. The van der Waals surface area contributed by atoms with E-state index in [1.807, 2.05) is 0 Å². The van der Waals surface area contributed by atoms with Gasteiger partial charge in [0.05, 0.1) is 52.4 Å². The fourth-order valence-electron chi connectivity index (χ4n) is 4.48. The Hall–Kier alpha value is 0.880. The maximum absolute atomic E-state index is 2.40. The summed E-state index contributed by atoms with van der Waals surface area (Å²) in [7, 11) is 0. The van der Waals surface area contributed by atoms with E-state index < -0.39 is 0 Å².